The molecule has 5 aromatic carbocycles. The first-order chi connectivity index (χ1) is 18.3. The zero-order chi connectivity index (χ0) is 24.9. The van der Waals surface area contributed by atoms with Crippen molar-refractivity contribution in [1.29, 1.82) is 0 Å². The Balaban J connectivity index is 1.49. The van der Waals surface area contributed by atoms with Crippen LogP contribution in [0.25, 0.3) is 43.6 Å². The van der Waals surface area contributed by atoms with E-state index in [0.717, 1.165) is 30.2 Å². The van der Waals surface area contributed by atoms with E-state index in [0.29, 0.717) is 0 Å². The van der Waals surface area contributed by atoms with Crippen LogP contribution in [-0.2, 0) is 13.1 Å². The van der Waals surface area contributed by atoms with E-state index in [1.54, 1.807) is 0 Å². The van der Waals surface area contributed by atoms with E-state index < -0.39 is 0 Å². The van der Waals surface area contributed by atoms with Crippen LogP contribution in [0.4, 0.5) is 17.1 Å². The molecule has 7 aromatic rings. The number of hydrogen-bond acceptors (Lipinski definition) is 1. The Morgan fingerprint density at radius 2 is 0.865 bits per heavy atom. The average molecular weight is 480 g/mol. The summed E-state index contributed by atoms with van der Waals surface area (Å²) in [6, 6.07) is 42.0. The second-order valence-electron chi connectivity index (χ2n) is 9.60. The van der Waals surface area contributed by atoms with Gasteiger partial charge in [-0.15, -0.1) is 0 Å². The largest absolute Gasteiger partial charge is 0.341 e. The maximum absolute atomic E-state index is 2.41. The monoisotopic (exact) mass is 479 g/mol. The highest BCUT2D eigenvalue weighted by atomic mass is 15.1. The molecule has 0 spiro atoms. The van der Waals surface area contributed by atoms with Crippen LogP contribution in [0.3, 0.4) is 0 Å². The Bertz CT molecular complexity index is 1780. The minimum atomic E-state index is 0.948. The molecule has 0 saturated heterocycles. The molecule has 0 aliphatic carbocycles. The van der Waals surface area contributed by atoms with Crippen molar-refractivity contribution in [2.75, 3.05) is 4.90 Å². The number of fused-ring (bicyclic) bond motifs is 6. The minimum Gasteiger partial charge on any atom is -0.341 e. The second-order valence-corrected chi connectivity index (χ2v) is 9.60. The first kappa shape index (κ1) is 21.8. The smallest absolute Gasteiger partial charge is 0.0492 e. The van der Waals surface area contributed by atoms with Gasteiger partial charge in [-0.25, -0.2) is 0 Å². The predicted molar refractivity (Wildman–Crippen MR) is 158 cm³/mol. The lowest BCUT2D eigenvalue weighted by molar-refractivity contribution is 0.827. The summed E-state index contributed by atoms with van der Waals surface area (Å²) in [7, 11) is 0. The van der Waals surface area contributed by atoms with Gasteiger partial charge in [-0.1, -0.05) is 54.6 Å². The molecule has 0 fully saturated rings. The summed E-state index contributed by atoms with van der Waals surface area (Å²) in [5.74, 6) is 0. The SMILES string of the molecule is CCn1c2ccccc2c2cc(N(c3ccccc3)c3ccc4c(c3)c3ccccc3n4CC)ccc21. The number of hydrogen-bond donors (Lipinski definition) is 0. The third-order valence-corrected chi connectivity index (χ3v) is 7.68. The fourth-order valence-electron chi connectivity index (χ4n) is 6.07. The summed E-state index contributed by atoms with van der Waals surface area (Å²) < 4.78 is 4.82. The van der Waals surface area contributed by atoms with E-state index in [1.807, 2.05) is 0 Å². The maximum atomic E-state index is 2.41. The van der Waals surface area contributed by atoms with Crippen molar-refractivity contribution in [3.05, 3.63) is 115 Å². The Morgan fingerprint density at radius 3 is 1.35 bits per heavy atom. The van der Waals surface area contributed by atoms with Crippen molar-refractivity contribution in [3.63, 3.8) is 0 Å². The van der Waals surface area contributed by atoms with Crippen LogP contribution in [0.15, 0.2) is 115 Å². The molecule has 3 heteroatoms. The fourth-order valence-corrected chi connectivity index (χ4v) is 6.07. The van der Waals surface area contributed by atoms with Crippen molar-refractivity contribution in [2.24, 2.45) is 0 Å². The summed E-state index contributed by atoms with van der Waals surface area (Å²) in [6.45, 7) is 6.34. The molecule has 0 N–H and O–H groups in total. The van der Waals surface area contributed by atoms with E-state index >= 15 is 0 Å². The summed E-state index contributed by atoms with van der Waals surface area (Å²) in [5, 5.41) is 5.19. The molecule has 0 radical (unpaired) electrons. The van der Waals surface area contributed by atoms with Gasteiger partial charge >= 0.3 is 0 Å². The van der Waals surface area contributed by atoms with Crippen LogP contribution >= 0.6 is 0 Å². The quantitative estimate of drug-likeness (QED) is 0.240. The molecule has 2 heterocycles. The van der Waals surface area contributed by atoms with Crippen molar-refractivity contribution < 1.29 is 0 Å². The van der Waals surface area contributed by atoms with Crippen molar-refractivity contribution in [1.82, 2.24) is 9.13 Å². The van der Waals surface area contributed by atoms with Crippen LogP contribution in [0.5, 0.6) is 0 Å². The van der Waals surface area contributed by atoms with E-state index in [4.69, 9.17) is 0 Å². The van der Waals surface area contributed by atoms with E-state index in [1.165, 1.54) is 43.6 Å². The first-order valence-electron chi connectivity index (χ1n) is 13.2. The van der Waals surface area contributed by atoms with Gasteiger partial charge < -0.3 is 14.0 Å². The van der Waals surface area contributed by atoms with E-state index in [9.17, 15) is 0 Å². The molecule has 0 amide bonds. The Hall–Kier alpha value is -4.50. The third-order valence-electron chi connectivity index (χ3n) is 7.68. The highest BCUT2D eigenvalue weighted by molar-refractivity contribution is 6.11. The molecule has 37 heavy (non-hydrogen) atoms. The van der Waals surface area contributed by atoms with Gasteiger partial charge in [-0.05, 0) is 74.5 Å². The Morgan fingerprint density at radius 1 is 0.432 bits per heavy atom. The molecule has 0 bridgehead atoms. The molecule has 0 aliphatic heterocycles. The zero-order valence-corrected chi connectivity index (χ0v) is 21.2. The van der Waals surface area contributed by atoms with Crippen molar-refractivity contribution in [3.8, 4) is 0 Å². The normalized spacial score (nSPS) is 11.7. The molecule has 2 aromatic heterocycles. The van der Waals surface area contributed by atoms with Crippen LogP contribution < -0.4 is 4.90 Å². The molecule has 7 rings (SSSR count). The molecular formula is C34H29N3. The number of para-hydroxylation sites is 3. The van der Waals surface area contributed by atoms with Gasteiger partial charge in [0.2, 0.25) is 0 Å². The van der Waals surface area contributed by atoms with Gasteiger partial charge in [0.05, 0.1) is 0 Å². The maximum Gasteiger partial charge on any atom is 0.0492 e. The number of aryl methyl sites for hydroxylation is 2. The van der Waals surface area contributed by atoms with E-state index in [2.05, 4.69) is 143 Å². The number of anilines is 3. The molecular weight excluding hydrogens is 450 g/mol. The van der Waals surface area contributed by atoms with Gasteiger partial charge in [0.15, 0.2) is 0 Å². The highest BCUT2D eigenvalue weighted by Gasteiger charge is 2.18. The predicted octanol–water partition coefficient (Wildman–Crippen LogP) is 9.41. The summed E-state index contributed by atoms with van der Waals surface area (Å²) in [6.07, 6.45) is 0. The topological polar surface area (TPSA) is 13.1 Å². The van der Waals surface area contributed by atoms with Crippen LogP contribution in [-0.4, -0.2) is 9.13 Å². The third kappa shape index (κ3) is 3.27. The second kappa shape index (κ2) is 8.56. The molecule has 180 valence electrons. The molecule has 0 saturated carbocycles. The Kier molecular flexibility index (Phi) is 5.03. The number of rotatable bonds is 5. The van der Waals surface area contributed by atoms with Gasteiger partial charge in [0.1, 0.15) is 0 Å². The van der Waals surface area contributed by atoms with E-state index in [-0.39, 0.29) is 0 Å². The first-order valence-corrected chi connectivity index (χ1v) is 13.2. The minimum absolute atomic E-state index is 0.948. The molecule has 3 nitrogen and oxygen atoms in total. The van der Waals surface area contributed by atoms with Crippen molar-refractivity contribution >= 4 is 60.7 Å². The van der Waals surface area contributed by atoms with Crippen molar-refractivity contribution in [2.45, 2.75) is 26.9 Å². The van der Waals surface area contributed by atoms with Gasteiger partial charge in [-0.3, -0.25) is 0 Å². The average Bonchev–Trinajstić information content (AvgIpc) is 3.45. The lowest BCUT2D eigenvalue weighted by Crippen LogP contribution is -2.09. The molecule has 0 unspecified atom stereocenters. The van der Waals surface area contributed by atoms with Crippen LogP contribution in [0, 0.1) is 0 Å². The number of benzene rings is 5. The highest BCUT2D eigenvalue weighted by Crippen LogP contribution is 2.40. The lowest BCUT2D eigenvalue weighted by Gasteiger charge is -2.26. The fraction of sp³-hybridized carbons (Fsp3) is 0.118. The van der Waals surface area contributed by atoms with Crippen LogP contribution in [0.1, 0.15) is 13.8 Å². The standard InChI is InChI=1S/C34H29N3/c1-3-35-31-16-10-8-14-27(31)29-22-25(18-20-33(29)35)37(24-12-6-5-7-13-24)26-19-21-34-30(23-26)28-15-9-11-17-32(28)36(34)4-2/h5-23H,3-4H2,1-2H3. The van der Waals surface area contributed by atoms with Gasteiger partial charge in [-0.2, -0.15) is 0 Å². The van der Waals surface area contributed by atoms with Gasteiger partial charge in [0.25, 0.3) is 0 Å². The summed E-state index contributed by atoms with van der Waals surface area (Å²) in [5.41, 5.74) is 8.62. The Labute approximate surface area is 216 Å². The molecule has 0 aliphatic rings. The zero-order valence-electron chi connectivity index (χ0n) is 21.2. The van der Waals surface area contributed by atoms with Crippen LogP contribution in [0.2, 0.25) is 0 Å². The number of nitrogens with zero attached hydrogens (tertiary/aromatic N) is 3. The summed E-state index contributed by atoms with van der Waals surface area (Å²) in [4.78, 5) is 2.38. The summed E-state index contributed by atoms with van der Waals surface area (Å²) >= 11 is 0. The number of aromatic nitrogens is 2. The molecule has 0 atom stereocenters. The van der Waals surface area contributed by atoms with Gasteiger partial charge in [0, 0.05) is 73.8 Å². The lowest BCUT2D eigenvalue weighted by atomic mass is 10.1.